The molecule has 2 N–H and O–H groups in total. The van der Waals surface area contributed by atoms with Crippen LogP contribution >= 0.6 is 11.8 Å². The van der Waals surface area contributed by atoms with Crippen molar-refractivity contribution < 1.29 is 14.0 Å². The van der Waals surface area contributed by atoms with Crippen LogP contribution < -0.4 is 10.6 Å². The number of carbonyl (C=O) groups is 2. The first-order valence-electron chi connectivity index (χ1n) is 7.72. The normalized spacial score (nSPS) is 18.2. The monoisotopic (exact) mass is 357 g/mol. The van der Waals surface area contributed by atoms with Crippen LogP contribution in [0.3, 0.4) is 0 Å². The van der Waals surface area contributed by atoms with Crippen LogP contribution in [-0.2, 0) is 16.1 Å². The van der Waals surface area contributed by atoms with Crippen molar-refractivity contribution in [1.29, 1.82) is 0 Å². The standard InChI is InChI=1S/C18H16FN3O2S/c19-13-8-4-5-9-14(13)21-16(23)10-15-17(24)22-18(25-15)20-11-12-6-2-1-3-7-12/h1-9,15H,10-11H2,(H,21,23)(H,20,22,24)/t15-/m0/s1. The van der Waals surface area contributed by atoms with Gasteiger partial charge in [-0.05, 0) is 17.7 Å². The van der Waals surface area contributed by atoms with E-state index in [1.165, 1.54) is 23.9 Å². The molecule has 25 heavy (non-hydrogen) atoms. The predicted molar refractivity (Wildman–Crippen MR) is 96.7 cm³/mol. The van der Waals surface area contributed by atoms with Gasteiger partial charge in [-0.3, -0.25) is 14.6 Å². The molecule has 0 aromatic heterocycles. The maximum atomic E-state index is 13.5. The Morgan fingerprint density at radius 3 is 2.64 bits per heavy atom. The average Bonchev–Trinajstić information content (AvgIpc) is 2.96. The van der Waals surface area contributed by atoms with Crippen molar-refractivity contribution >= 4 is 34.4 Å². The van der Waals surface area contributed by atoms with E-state index in [0.717, 1.165) is 5.56 Å². The SMILES string of the molecule is O=C(C[C@@H]1SC(=NCc2ccccc2)NC1=O)Nc1ccccc1F. The molecule has 0 radical (unpaired) electrons. The molecule has 7 heteroatoms. The van der Waals surface area contributed by atoms with Gasteiger partial charge < -0.3 is 10.6 Å². The maximum absolute atomic E-state index is 13.5. The van der Waals surface area contributed by atoms with E-state index in [1.807, 2.05) is 30.3 Å². The van der Waals surface area contributed by atoms with Gasteiger partial charge in [-0.15, -0.1) is 0 Å². The molecule has 1 aliphatic rings. The van der Waals surface area contributed by atoms with Crippen molar-refractivity contribution in [2.24, 2.45) is 4.99 Å². The molecule has 128 valence electrons. The van der Waals surface area contributed by atoms with E-state index in [1.54, 1.807) is 12.1 Å². The van der Waals surface area contributed by atoms with Crippen LogP contribution in [-0.4, -0.2) is 22.2 Å². The summed E-state index contributed by atoms with van der Waals surface area (Å²) in [4.78, 5) is 28.4. The Bertz CT molecular complexity index is 811. The zero-order valence-corrected chi connectivity index (χ0v) is 14.1. The lowest BCUT2D eigenvalue weighted by molar-refractivity contribution is -0.122. The van der Waals surface area contributed by atoms with Crippen molar-refractivity contribution in [2.75, 3.05) is 5.32 Å². The van der Waals surface area contributed by atoms with Crippen LogP contribution in [0.4, 0.5) is 10.1 Å². The van der Waals surface area contributed by atoms with Crippen molar-refractivity contribution in [1.82, 2.24) is 5.32 Å². The molecule has 3 rings (SSSR count). The van der Waals surface area contributed by atoms with Gasteiger partial charge in [-0.25, -0.2) is 4.39 Å². The topological polar surface area (TPSA) is 70.6 Å². The van der Waals surface area contributed by atoms with Crippen LogP contribution in [0.1, 0.15) is 12.0 Å². The number of rotatable bonds is 5. The number of anilines is 1. The summed E-state index contributed by atoms with van der Waals surface area (Å²) in [5.41, 5.74) is 1.14. The molecule has 0 saturated carbocycles. The van der Waals surface area contributed by atoms with Gasteiger partial charge in [0.25, 0.3) is 0 Å². The van der Waals surface area contributed by atoms with Crippen molar-refractivity contribution in [2.45, 2.75) is 18.2 Å². The first kappa shape index (κ1) is 17.2. The third-order valence-electron chi connectivity index (χ3n) is 3.54. The Balaban J connectivity index is 1.56. The summed E-state index contributed by atoms with van der Waals surface area (Å²) in [7, 11) is 0. The Kier molecular flexibility index (Phi) is 5.45. The number of amidine groups is 1. The number of amides is 2. The number of thioether (sulfide) groups is 1. The zero-order valence-electron chi connectivity index (χ0n) is 13.2. The molecule has 0 spiro atoms. The Morgan fingerprint density at radius 1 is 1.16 bits per heavy atom. The lowest BCUT2D eigenvalue weighted by Gasteiger charge is -2.08. The molecule has 1 saturated heterocycles. The molecule has 1 heterocycles. The van der Waals surface area contributed by atoms with Gasteiger partial charge in [-0.2, -0.15) is 0 Å². The number of hydrogen-bond acceptors (Lipinski definition) is 4. The van der Waals surface area contributed by atoms with Crippen molar-refractivity contribution in [3.05, 3.63) is 66.0 Å². The minimum atomic E-state index is -0.568. The Labute approximate surface area is 148 Å². The van der Waals surface area contributed by atoms with Gasteiger partial charge in [0.1, 0.15) is 11.1 Å². The highest BCUT2D eigenvalue weighted by atomic mass is 32.2. The third-order valence-corrected chi connectivity index (χ3v) is 4.66. The molecule has 1 fully saturated rings. The smallest absolute Gasteiger partial charge is 0.240 e. The van der Waals surface area contributed by atoms with E-state index in [-0.39, 0.29) is 18.0 Å². The first-order valence-corrected chi connectivity index (χ1v) is 8.60. The molecule has 0 unspecified atom stereocenters. The fraction of sp³-hybridized carbons (Fsp3) is 0.167. The van der Waals surface area contributed by atoms with Crippen molar-refractivity contribution in [3.63, 3.8) is 0 Å². The lowest BCUT2D eigenvalue weighted by Crippen LogP contribution is -2.28. The number of nitrogens with zero attached hydrogens (tertiary/aromatic N) is 1. The molecule has 2 aromatic rings. The summed E-state index contributed by atoms with van der Waals surface area (Å²) in [6, 6.07) is 15.6. The highest BCUT2D eigenvalue weighted by molar-refractivity contribution is 8.15. The number of halogens is 1. The number of aliphatic imine (C=N–C) groups is 1. The number of nitrogens with one attached hydrogen (secondary N) is 2. The maximum Gasteiger partial charge on any atom is 0.240 e. The molecule has 5 nitrogen and oxygen atoms in total. The van der Waals surface area contributed by atoms with Crippen LogP contribution in [0.2, 0.25) is 0 Å². The fourth-order valence-electron chi connectivity index (χ4n) is 2.29. The molecule has 1 aliphatic heterocycles. The number of para-hydroxylation sites is 1. The Hall–Kier alpha value is -2.67. The van der Waals surface area contributed by atoms with E-state index in [0.29, 0.717) is 11.7 Å². The summed E-state index contributed by atoms with van der Waals surface area (Å²) >= 11 is 1.22. The minimum Gasteiger partial charge on any atom is -0.324 e. The number of hydrogen-bond donors (Lipinski definition) is 2. The van der Waals surface area contributed by atoms with Gasteiger partial charge in [0, 0.05) is 6.42 Å². The lowest BCUT2D eigenvalue weighted by atomic mass is 10.2. The quantitative estimate of drug-likeness (QED) is 0.864. The summed E-state index contributed by atoms with van der Waals surface area (Å²) < 4.78 is 13.5. The average molecular weight is 357 g/mol. The van der Waals surface area contributed by atoms with E-state index in [4.69, 9.17) is 0 Å². The first-order chi connectivity index (χ1) is 12.1. The van der Waals surface area contributed by atoms with E-state index < -0.39 is 17.0 Å². The number of benzene rings is 2. The van der Waals surface area contributed by atoms with Gasteiger partial charge >= 0.3 is 0 Å². The fourth-order valence-corrected chi connectivity index (χ4v) is 3.26. The molecule has 2 aromatic carbocycles. The Morgan fingerprint density at radius 2 is 1.88 bits per heavy atom. The number of carbonyl (C=O) groups excluding carboxylic acids is 2. The van der Waals surface area contributed by atoms with Gasteiger partial charge in [-0.1, -0.05) is 54.2 Å². The molecule has 2 amide bonds. The zero-order chi connectivity index (χ0) is 17.6. The molecule has 0 bridgehead atoms. The molecular formula is C18H16FN3O2S. The minimum absolute atomic E-state index is 0.0464. The molecule has 0 aliphatic carbocycles. The molecular weight excluding hydrogens is 341 g/mol. The summed E-state index contributed by atoms with van der Waals surface area (Å²) in [5, 5.41) is 5.09. The van der Waals surface area contributed by atoms with E-state index in [9.17, 15) is 14.0 Å². The van der Waals surface area contributed by atoms with Crippen LogP contribution in [0.15, 0.2) is 59.6 Å². The highest BCUT2D eigenvalue weighted by Gasteiger charge is 2.32. The highest BCUT2D eigenvalue weighted by Crippen LogP contribution is 2.23. The van der Waals surface area contributed by atoms with Crippen LogP contribution in [0.5, 0.6) is 0 Å². The second kappa shape index (κ2) is 7.94. The second-order valence-electron chi connectivity index (χ2n) is 5.43. The summed E-state index contributed by atoms with van der Waals surface area (Å²) in [6.45, 7) is 0.456. The van der Waals surface area contributed by atoms with Gasteiger partial charge in [0.2, 0.25) is 11.8 Å². The van der Waals surface area contributed by atoms with Gasteiger partial charge in [0.15, 0.2) is 5.17 Å². The van der Waals surface area contributed by atoms with E-state index in [2.05, 4.69) is 15.6 Å². The predicted octanol–water partition coefficient (Wildman–Crippen LogP) is 2.94. The van der Waals surface area contributed by atoms with Crippen molar-refractivity contribution in [3.8, 4) is 0 Å². The van der Waals surface area contributed by atoms with E-state index >= 15 is 0 Å². The summed E-state index contributed by atoms with van der Waals surface area (Å²) in [6.07, 6.45) is -0.0464. The summed E-state index contributed by atoms with van der Waals surface area (Å²) in [5.74, 6) is -1.19. The van der Waals surface area contributed by atoms with Crippen LogP contribution in [0, 0.1) is 5.82 Å². The third kappa shape index (κ3) is 4.67. The largest absolute Gasteiger partial charge is 0.324 e. The second-order valence-corrected chi connectivity index (χ2v) is 6.63. The molecule has 1 atom stereocenters. The van der Waals surface area contributed by atoms with Gasteiger partial charge in [0.05, 0.1) is 12.2 Å². The van der Waals surface area contributed by atoms with Crippen LogP contribution in [0.25, 0.3) is 0 Å².